The van der Waals surface area contributed by atoms with Crippen LogP contribution in [0.2, 0.25) is 0 Å². The topological polar surface area (TPSA) is 122 Å². The fourth-order valence-electron chi connectivity index (χ4n) is 12.2. The average molecular weight is 1340 g/mol. The third-order valence-corrected chi connectivity index (χ3v) is 18.1. The van der Waals surface area contributed by atoms with Crippen LogP contribution in [0, 0.1) is 6.57 Å². The number of fused-ring (bicyclic) bond motifs is 4. The van der Waals surface area contributed by atoms with E-state index in [9.17, 15) is 0 Å². The minimum absolute atomic E-state index is 0.517. The van der Waals surface area contributed by atoms with Crippen LogP contribution in [0.1, 0.15) is 50.7 Å². The van der Waals surface area contributed by atoms with Gasteiger partial charge in [0.05, 0.1) is 86.3 Å². The fourth-order valence-corrected chi connectivity index (χ4v) is 12.2. The Morgan fingerprint density at radius 1 is 0.275 bits per heavy atom. The number of hydrogen-bond donors (Lipinski definition) is 0. The predicted molar refractivity (Wildman–Crippen MR) is 413 cm³/mol. The van der Waals surface area contributed by atoms with Crippen molar-refractivity contribution in [1.29, 1.82) is 0 Å². The largest absolute Gasteiger partial charge is 0.497 e. The quantitative estimate of drug-likeness (QED) is 0.0924. The summed E-state index contributed by atoms with van der Waals surface area (Å²) in [5.41, 5.74) is 25.1. The Bertz CT molecular complexity index is 5540. The molecule has 504 valence electrons. The maximum Gasteiger partial charge on any atom is 0.187 e. The van der Waals surface area contributed by atoms with Gasteiger partial charge >= 0.3 is 0 Å². The summed E-state index contributed by atoms with van der Waals surface area (Å²) in [4.78, 5) is 21.5. The Balaban J connectivity index is 0.000000121. The van der Waals surface area contributed by atoms with Crippen LogP contribution in [0.3, 0.4) is 0 Å². The molecule has 4 heterocycles. The molecule has 12 aromatic carbocycles. The molecule has 0 saturated heterocycles. The van der Waals surface area contributed by atoms with E-state index >= 15 is 0 Å². The number of nitrogens with zero attached hydrogens (tertiary/aromatic N) is 9. The van der Waals surface area contributed by atoms with Crippen LogP contribution in [0.25, 0.3) is 116 Å². The van der Waals surface area contributed by atoms with Crippen LogP contribution in [0.5, 0.6) is 28.7 Å². The molecule has 4 aromatic heterocycles. The number of aromatic nitrogens is 8. The Morgan fingerprint density at radius 3 is 0.814 bits per heavy atom. The van der Waals surface area contributed by atoms with Gasteiger partial charge in [-0.05, 0) is 225 Å². The van der Waals surface area contributed by atoms with E-state index in [1.807, 2.05) is 165 Å². The predicted octanol–water partition coefficient (Wildman–Crippen LogP) is 21.6. The number of ether oxygens (including phenoxy) is 5. The molecule has 0 unspecified atom stereocenters. The summed E-state index contributed by atoms with van der Waals surface area (Å²) in [5.74, 6) is 5.29. The van der Waals surface area contributed by atoms with E-state index in [0.29, 0.717) is 17.5 Å². The van der Waals surface area contributed by atoms with Gasteiger partial charge in [0, 0.05) is 22.7 Å². The van der Waals surface area contributed by atoms with Gasteiger partial charge in [-0.1, -0.05) is 137 Å². The first-order chi connectivity index (χ1) is 49.9. The molecule has 0 fully saturated rings. The molecule has 0 aliphatic carbocycles. The summed E-state index contributed by atoms with van der Waals surface area (Å²) in [6.45, 7) is 15.9. The van der Waals surface area contributed by atoms with E-state index in [4.69, 9.17) is 30.3 Å². The van der Waals surface area contributed by atoms with Gasteiger partial charge in [0.25, 0.3) is 0 Å². The van der Waals surface area contributed by atoms with E-state index in [-0.39, 0.29) is 0 Å². The molecular weight excluding hydrogens is 1260 g/mol. The summed E-state index contributed by atoms with van der Waals surface area (Å²) in [7, 11) is 8.36. The molecule has 0 aliphatic rings. The normalized spacial score (nSPS) is 11.0. The smallest absolute Gasteiger partial charge is 0.187 e. The zero-order valence-electron chi connectivity index (χ0n) is 58.4. The van der Waals surface area contributed by atoms with Crippen molar-refractivity contribution in [2.24, 2.45) is 0 Å². The van der Waals surface area contributed by atoms with Gasteiger partial charge in [0.1, 0.15) is 54.1 Å². The van der Waals surface area contributed by atoms with Crippen molar-refractivity contribution in [3.63, 3.8) is 0 Å². The highest BCUT2D eigenvalue weighted by molar-refractivity contribution is 5.87. The average Bonchev–Trinajstić information content (AvgIpc) is 1.63. The Morgan fingerprint density at radius 2 is 0.529 bits per heavy atom. The van der Waals surface area contributed by atoms with Gasteiger partial charge in [0.15, 0.2) is 5.69 Å². The lowest BCUT2D eigenvalue weighted by molar-refractivity contribution is 0.414. The van der Waals surface area contributed by atoms with Crippen molar-refractivity contribution in [2.45, 2.75) is 39.5 Å². The van der Waals surface area contributed by atoms with E-state index in [0.717, 1.165) is 118 Å². The Hall–Kier alpha value is -13.0. The molecule has 16 aromatic rings. The molecule has 0 amide bonds. The lowest BCUT2D eigenvalue weighted by Gasteiger charge is -2.10. The van der Waals surface area contributed by atoms with Gasteiger partial charge in [-0.3, -0.25) is 18.3 Å². The molecule has 0 atom stereocenters. The van der Waals surface area contributed by atoms with Crippen molar-refractivity contribution in [1.82, 2.24) is 38.2 Å². The second-order valence-electron chi connectivity index (χ2n) is 25.0. The van der Waals surface area contributed by atoms with Crippen LogP contribution in [-0.2, 0) is 0 Å². The van der Waals surface area contributed by atoms with Crippen molar-refractivity contribution < 1.29 is 23.7 Å². The van der Waals surface area contributed by atoms with E-state index < -0.39 is 0 Å². The molecule has 0 N–H and O–H groups in total. The number of hydrogen-bond acceptors (Lipinski definition) is 9. The van der Waals surface area contributed by atoms with Gasteiger partial charge in [0.2, 0.25) is 0 Å². The second kappa shape index (κ2) is 30.8. The molecule has 14 nitrogen and oxygen atoms in total. The molecule has 0 spiro atoms. The molecule has 16 rings (SSSR count). The van der Waals surface area contributed by atoms with Gasteiger partial charge < -0.3 is 23.7 Å². The maximum absolute atomic E-state index is 7.06. The summed E-state index contributed by atoms with van der Waals surface area (Å²) in [5, 5.41) is 0. The van der Waals surface area contributed by atoms with E-state index in [2.05, 4.69) is 198 Å². The number of rotatable bonds is 15. The van der Waals surface area contributed by atoms with Crippen LogP contribution in [-0.4, -0.2) is 73.8 Å². The first-order valence-corrected chi connectivity index (χ1v) is 33.7. The third-order valence-electron chi connectivity index (χ3n) is 18.1. The Labute approximate surface area is 594 Å². The zero-order chi connectivity index (χ0) is 70.6. The lowest BCUT2D eigenvalue weighted by Crippen LogP contribution is -1.93. The third kappa shape index (κ3) is 15.0. The van der Waals surface area contributed by atoms with Crippen LogP contribution < -0.4 is 23.7 Å². The first kappa shape index (κ1) is 67.6. The molecule has 14 heteroatoms. The summed E-state index contributed by atoms with van der Waals surface area (Å²) in [6.07, 6.45) is 7.43. The van der Waals surface area contributed by atoms with Crippen LogP contribution >= 0.6 is 0 Å². The molecule has 0 radical (unpaired) electrons. The van der Waals surface area contributed by atoms with Crippen LogP contribution in [0.4, 0.5) is 5.69 Å². The van der Waals surface area contributed by atoms with Gasteiger partial charge in [-0.2, -0.15) is 0 Å². The number of methoxy groups -OCH3 is 5. The maximum atomic E-state index is 7.06. The van der Waals surface area contributed by atoms with Crippen molar-refractivity contribution in [2.75, 3.05) is 35.5 Å². The summed E-state index contributed by atoms with van der Waals surface area (Å²) < 4.78 is 34.6. The standard InChI is InChI=1S/2C23H22N2O.C21H15N3O.C21H18N2O2/c1-16(2)17-4-6-18(7-5-17)19-8-13-22-23(14-19)25(15-24-22)20-9-11-21(26-3)12-10-20;1-16(2)17-5-4-6-18(13-17)19-7-12-22-23(14-19)25(15-24-22)20-8-10-21(26-3)11-9-20;1-22-17-6-3-15(4-7-17)16-5-12-20-21(13-16)24(14-23-20)18-8-10-19(25-2)11-9-18;1-24-18-8-3-15(4-9-18)16-5-12-20-21(13-16)23(14-22-20)17-6-10-19(25-2)11-7-17/h2*4-16H,1-3H3;3-14H,2H3;3-14H,1-2H3. The molecule has 0 saturated carbocycles. The summed E-state index contributed by atoms with van der Waals surface area (Å²) in [6, 6.07) is 90.6. The summed E-state index contributed by atoms with van der Waals surface area (Å²) >= 11 is 0. The Kier molecular flexibility index (Phi) is 20.4. The van der Waals surface area contributed by atoms with Gasteiger partial charge in [-0.15, -0.1) is 0 Å². The monoisotopic (exact) mass is 1340 g/mol. The van der Waals surface area contributed by atoms with Crippen molar-refractivity contribution >= 4 is 49.8 Å². The zero-order valence-corrected chi connectivity index (χ0v) is 58.4. The molecule has 102 heavy (non-hydrogen) atoms. The second-order valence-corrected chi connectivity index (χ2v) is 25.0. The van der Waals surface area contributed by atoms with Gasteiger partial charge in [-0.25, -0.2) is 24.8 Å². The highest BCUT2D eigenvalue weighted by Gasteiger charge is 2.14. The molecule has 0 aliphatic heterocycles. The fraction of sp³-hybridized carbons (Fsp3) is 0.125. The number of benzene rings is 12. The molecular formula is C88H77N9O5. The lowest BCUT2D eigenvalue weighted by atomic mass is 9.97. The number of imidazole rings is 4. The SMILES string of the molecule is COc1ccc(-c2ccc3ncn(-c4ccc(OC)cc4)c3c2)cc1.COc1ccc(-n2cnc3ccc(-c4ccc(C(C)C)cc4)cc32)cc1.COc1ccc(-n2cnc3ccc(-c4cccc(C(C)C)c4)cc32)cc1.[C-]#[N+]c1ccc(-c2ccc3ncn(-c4ccc(OC)cc4)c3c2)cc1. The van der Waals surface area contributed by atoms with Crippen LogP contribution in [0.15, 0.2) is 292 Å². The van der Waals surface area contributed by atoms with E-state index in [1.165, 1.54) is 33.4 Å². The minimum atomic E-state index is 0.517. The minimum Gasteiger partial charge on any atom is -0.497 e. The first-order valence-electron chi connectivity index (χ1n) is 33.7. The van der Waals surface area contributed by atoms with Crippen molar-refractivity contribution in [3.05, 3.63) is 315 Å². The highest BCUT2D eigenvalue weighted by Crippen LogP contribution is 2.34. The van der Waals surface area contributed by atoms with Crippen molar-refractivity contribution in [3.8, 4) is 96.0 Å². The molecule has 0 bridgehead atoms. The highest BCUT2D eigenvalue weighted by atomic mass is 16.5. The van der Waals surface area contributed by atoms with E-state index in [1.54, 1.807) is 35.5 Å².